The molecule has 2 aromatic heterocycles. The number of nitrogens with one attached hydrogen (secondary N) is 1. The second-order valence-corrected chi connectivity index (χ2v) is 5.94. The molecule has 0 saturated carbocycles. The van der Waals surface area contributed by atoms with E-state index >= 15 is 0 Å². The van der Waals surface area contributed by atoms with Gasteiger partial charge in [0, 0.05) is 19.2 Å². The lowest BCUT2D eigenvalue weighted by molar-refractivity contribution is -0.121. The van der Waals surface area contributed by atoms with Crippen molar-refractivity contribution in [2.45, 2.75) is 25.8 Å². The summed E-state index contributed by atoms with van der Waals surface area (Å²) in [5.74, 6) is -0.426. The van der Waals surface area contributed by atoms with Crippen molar-refractivity contribution in [3.63, 3.8) is 0 Å². The van der Waals surface area contributed by atoms with Crippen LogP contribution in [0.25, 0.3) is 5.65 Å². The van der Waals surface area contributed by atoms with E-state index in [1.54, 1.807) is 30.5 Å². The maximum atomic E-state index is 12.9. The topological polar surface area (TPSA) is 68.4 Å². The number of hydrogen-bond donors (Lipinski definition) is 1. The molecule has 25 heavy (non-hydrogen) atoms. The van der Waals surface area contributed by atoms with E-state index in [0.29, 0.717) is 25.2 Å². The molecule has 0 fully saturated rings. The first-order chi connectivity index (χ1) is 12.0. The van der Waals surface area contributed by atoms with Crippen LogP contribution in [0.4, 0.5) is 4.39 Å². The van der Waals surface area contributed by atoms with Crippen LogP contribution < -0.4 is 11.0 Å². The number of halogens is 1. The van der Waals surface area contributed by atoms with E-state index in [0.717, 1.165) is 5.56 Å². The molecule has 0 aliphatic heterocycles. The van der Waals surface area contributed by atoms with Gasteiger partial charge in [0.2, 0.25) is 5.91 Å². The Labute approximate surface area is 143 Å². The van der Waals surface area contributed by atoms with Crippen LogP contribution in [0.15, 0.2) is 53.5 Å². The summed E-state index contributed by atoms with van der Waals surface area (Å²) >= 11 is 0. The highest BCUT2D eigenvalue weighted by atomic mass is 19.1. The van der Waals surface area contributed by atoms with Crippen molar-refractivity contribution in [2.24, 2.45) is 0 Å². The fourth-order valence-electron chi connectivity index (χ4n) is 2.67. The predicted octanol–water partition coefficient (Wildman–Crippen LogP) is 1.95. The molecule has 3 aromatic rings. The minimum atomic E-state index is -0.293. The summed E-state index contributed by atoms with van der Waals surface area (Å²) in [7, 11) is 0. The lowest BCUT2D eigenvalue weighted by Crippen LogP contribution is -2.31. The number of amides is 1. The number of pyridine rings is 1. The lowest BCUT2D eigenvalue weighted by Gasteiger charge is -2.12. The number of hydrogen-bond acceptors (Lipinski definition) is 3. The Hall–Kier alpha value is -2.96. The number of benzene rings is 1. The summed E-state index contributed by atoms with van der Waals surface area (Å²) in [5.41, 5.74) is 1.25. The van der Waals surface area contributed by atoms with Gasteiger partial charge in [-0.25, -0.2) is 13.9 Å². The van der Waals surface area contributed by atoms with Gasteiger partial charge in [-0.3, -0.25) is 9.20 Å². The molecule has 0 saturated heterocycles. The molecule has 6 nitrogen and oxygen atoms in total. The number of aromatic nitrogens is 3. The van der Waals surface area contributed by atoms with Gasteiger partial charge in [0.05, 0.1) is 6.54 Å². The van der Waals surface area contributed by atoms with Gasteiger partial charge in [-0.2, -0.15) is 0 Å². The fraction of sp³-hybridized carbons (Fsp3) is 0.278. The van der Waals surface area contributed by atoms with Gasteiger partial charge >= 0.3 is 5.69 Å². The quantitative estimate of drug-likeness (QED) is 0.744. The summed E-state index contributed by atoms with van der Waals surface area (Å²) in [5, 5.41) is 7.00. The first kappa shape index (κ1) is 16.9. The highest BCUT2D eigenvalue weighted by Crippen LogP contribution is 2.18. The summed E-state index contributed by atoms with van der Waals surface area (Å²) in [6.45, 7) is 2.54. The van der Waals surface area contributed by atoms with Crippen LogP contribution >= 0.6 is 0 Å². The Balaban J connectivity index is 1.52. The van der Waals surface area contributed by atoms with Crippen molar-refractivity contribution in [1.29, 1.82) is 0 Å². The average molecular weight is 342 g/mol. The minimum absolute atomic E-state index is 0.0153. The number of fused-ring (bicyclic) bond motifs is 1. The normalized spacial score (nSPS) is 12.2. The van der Waals surface area contributed by atoms with E-state index in [1.807, 2.05) is 13.0 Å². The molecule has 0 bridgehead atoms. The molecule has 3 rings (SSSR count). The zero-order valence-electron chi connectivity index (χ0n) is 13.9. The maximum Gasteiger partial charge on any atom is 0.350 e. The van der Waals surface area contributed by atoms with Crippen LogP contribution in [-0.2, 0) is 11.3 Å². The van der Waals surface area contributed by atoms with Crippen LogP contribution in [0.5, 0.6) is 0 Å². The summed E-state index contributed by atoms with van der Waals surface area (Å²) in [6.07, 6.45) is 1.95. The molecule has 7 heteroatoms. The van der Waals surface area contributed by atoms with Crippen molar-refractivity contribution < 1.29 is 9.18 Å². The Bertz CT molecular complexity index is 930. The highest BCUT2D eigenvalue weighted by Gasteiger charge is 2.12. The van der Waals surface area contributed by atoms with E-state index in [1.165, 1.54) is 21.2 Å². The third-order valence-corrected chi connectivity index (χ3v) is 4.06. The van der Waals surface area contributed by atoms with Gasteiger partial charge < -0.3 is 5.32 Å². The minimum Gasteiger partial charge on any atom is -0.354 e. The summed E-state index contributed by atoms with van der Waals surface area (Å²) in [6, 6.07) is 11.5. The third-order valence-electron chi connectivity index (χ3n) is 4.06. The SMILES string of the molecule is C[C@@H](CC(=O)NCCn1nc2ccccn2c1=O)c1ccc(F)cc1. The third kappa shape index (κ3) is 3.93. The first-order valence-electron chi connectivity index (χ1n) is 8.11. The van der Waals surface area contributed by atoms with E-state index < -0.39 is 0 Å². The smallest absolute Gasteiger partial charge is 0.350 e. The van der Waals surface area contributed by atoms with Crippen molar-refractivity contribution in [1.82, 2.24) is 19.5 Å². The zero-order valence-corrected chi connectivity index (χ0v) is 13.9. The number of nitrogens with zero attached hydrogens (tertiary/aromatic N) is 3. The summed E-state index contributed by atoms with van der Waals surface area (Å²) < 4.78 is 15.7. The molecule has 0 unspecified atom stereocenters. The summed E-state index contributed by atoms with van der Waals surface area (Å²) in [4.78, 5) is 24.2. The zero-order chi connectivity index (χ0) is 17.8. The molecule has 0 aliphatic carbocycles. The Morgan fingerprint density at radius 3 is 2.72 bits per heavy atom. The van der Waals surface area contributed by atoms with Crippen LogP contribution in [0.1, 0.15) is 24.8 Å². The molecular formula is C18H19FN4O2. The monoisotopic (exact) mass is 342 g/mol. The Morgan fingerprint density at radius 2 is 2.00 bits per heavy atom. The molecular weight excluding hydrogens is 323 g/mol. The van der Waals surface area contributed by atoms with Crippen LogP contribution in [0.3, 0.4) is 0 Å². The van der Waals surface area contributed by atoms with Crippen molar-refractivity contribution in [2.75, 3.05) is 6.54 Å². The molecule has 2 heterocycles. The largest absolute Gasteiger partial charge is 0.354 e. The Kier molecular flexibility index (Phi) is 4.92. The maximum absolute atomic E-state index is 12.9. The number of rotatable bonds is 6. The van der Waals surface area contributed by atoms with Crippen molar-refractivity contribution in [3.8, 4) is 0 Å². The van der Waals surface area contributed by atoms with Crippen LogP contribution in [0.2, 0.25) is 0 Å². The van der Waals surface area contributed by atoms with Gasteiger partial charge in [0.15, 0.2) is 5.65 Å². The lowest BCUT2D eigenvalue weighted by atomic mass is 9.97. The predicted molar refractivity (Wildman–Crippen MR) is 91.9 cm³/mol. The second kappa shape index (κ2) is 7.29. The molecule has 0 spiro atoms. The molecule has 1 N–H and O–H groups in total. The molecule has 0 radical (unpaired) electrons. The van der Waals surface area contributed by atoms with Crippen molar-refractivity contribution >= 4 is 11.6 Å². The fourth-order valence-corrected chi connectivity index (χ4v) is 2.67. The van der Waals surface area contributed by atoms with Gasteiger partial charge in [0.25, 0.3) is 0 Å². The molecule has 1 aromatic carbocycles. The van der Waals surface area contributed by atoms with Gasteiger partial charge in [-0.1, -0.05) is 25.1 Å². The molecule has 0 aliphatic rings. The Morgan fingerprint density at radius 1 is 1.24 bits per heavy atom. The highest BCUT2D eigenvalue weighted by molar-refractivity contribution is 5.76. The van der Waals surface area contributed by atoms with Gasteiger partial charge in [-0.15, -0.1) is 5.10 Å². The van der Waals surface area contributed by atoms with E-state index in [9.17, 15) is 14.0 Å². The number of carbonyl (C=O) groups is 1. The van der Waals surface area contributed by atoms with E-state index in [2.05, 4.69) is 10.4 Å². The molecule has 130 valence electrons. The number of carbonyl (C=O) groups excluding carboxylic acids is 1. The van der Waals surface area contributed by atoms with Gasteiger partial charge in [-0.05, 0) is 35.7 Å². The van der Waals surface area contributed by atoms with Crippen LogP contribution in [0, 0.1) is 5.82 Å². The first-order valence-corrected chi connectivity index (χ1v) is 8.11. The average Bonchev–Trinajstić information content (AvgIpc) is 2.92. The van der Waals surface area contributed by atoms with Crippen molar-refractivity contribution in [3.05, 3.63) is 70.5 Å². The van der Waals surface area contributed by atoms with E-state index in [-0.39, 0.29) is 23.3 Å². The van der Waals surface area contributed by atoms with E-state index in [4.69, 9.17) is 0 Å². The molecule has 1 amide bonds. The second-order valence-electron chi connectivity index (χ2n) is 5.94. The standard InChI is InChI=1S/C18H19FN4O2/c1-13(14-5-7-15(19)8-6-14)12-17(24)20-9-11-23-18(25)22-10-3-2-4-16(22)21-23/h2-8,10,13H,9,11-12H2,1H3,(H,20,24)/t13-/m0/s1. The van der Waals surface area contributed by atoms with Crippen LogP contribution in [-0.4, -0.2) is 26.6 Å². The van der Waals surface area contributed by atoms with Gasteiger partial charge in [0.1, 0.15) is 5.82 Å². The molecule has 1 atom stereocenters.